The lowest BCUT2D eigenvalue weighted by atomic mass is 10.3. The van der Waals surface area contributed by atoms with Crippen molar-refractivity contribution in [3.63, 3.8) is 0 Å². The molecule has 0 fully saturated rings. The van der Waals surface area contributed by atoms with Crippen LogP contribution in [0, 0.1) is 6.92 Å². The minimum atomic E-state index is -0.228. The van der Waals surface area contributed by atoms with Crippen molar-refractivity contribution < 1.29 is 4.79 Å². The van der Waals surface area contributed by atoms with E-state index in [0.717, 1.165) is 17.0 Å². The lowest BCUT2D eigenvalue weighted by Gasteiger charge is -2.05. The van der Waals surface area contributed by atoms with Crippen molar-refractivity contribution in [2.75, 3.05) is 5.32 Å². The maximum absolute atomic E-state index is 11.7. The van der Waals surface area contributed by atoms with Crippen LogP contribution in [0.4, 0.5) is 5.82 Å². The Labute approximate surface area is 118 Å². The van der Waals surface area contributed by atoms with Gasteiger partial charge in [-0.3, -0.25) is 9.59 Å². The lowest BCUT2D eigenvalue weighted by molar-refractivity contribution is -0.116. The molecule has 0 saturated heterocycles. The highest BCUT2D eigenvalue weighted by molar-refractivity contribution is 7.07. The quantitative estimate of drug-likeness (QED) is 0.932. The van der Waals surface area contributed by atoms with E-state index < -0.39 is 0 Å². The van der Waals surface area contributed by atoms with Gasteiger partial charge in [-0.05, 0) is 19.1 Å². The zero-order chi connectivity index (χ0) is 13.8. The van der Waals surface area contributed by atoms with Crippen LogP contribution in [0.5, 0.6) is 0 Å². The van der Waals surface area contributed by atoms with Gasteiger partial charge in [0.1, 0.15) is 0 Å². The van der Waals surface area contributed by atoms with Crippen LogP contribution in [0.3, 0.4) is 0 Å². The maximum atomic E-state index is 11.7. The van der Waals surface area contributed by atoms with Crippen molar-refractivity contribution in [2.45, 2.75) is 19.9 Å². The second-order valence-corrected chi connectivity index (χ2v) is 5.04. The van der Waals surface area contributed by atoms with Crippen LogP contribution in [0.2, 0.25) is 5.15 Å². The molecule has 6 nitrogen and oxygen atoms in total. The summed E-state index contributed by atoms with van der Waals surface area (Å²) in [6.45, 7) is 2.18. The van der Waals surface area contributed by atoms with Crippen LogP contribution < -0.4 is 10.2 Å². The number of nitrogens with zero attached hydrogens (tertiary/aromatic N) is 3. The third-order valence-electron chi connectivity index (χ3n) is 2.44. The Balaban J connectivity index is 1.92. The van der Waals surface area contributed by atoms with Gasteiger partial charge in [0.15, 0.2) is 11.0 Å². The summed E-state index contributed by atoms with van der Waals surface area (Å²) < 4.78 is 1.57. The van der Waals surface area contributed by atoms with Crippen molar-refractivity contribution in [1.29, 1.82) is 0 Å². The Hall–Kier alpha value is -1.73. The highest BCUT2D eigenvalue weighted by atomic mass is 35.5. The molecule has 0 radical (unpaired) electrons. The maximum Gasteiger partial charge on any atom is 0.307 e. The Morgan fingerprint density at radius 1 is 1.47 bits per heavy atom. The van der Waals surface area contributed by atoms with E-state index in [2.05, 4.69) is 15.5 Å². The number of aromatic nitrogens is 3. The monoisotopic (exact) mass is 298 g/mol. The van der Waals surface area contributed by atoms with Crippen LogP contribution in [-0.4, -0.2) is 20.7 Å². The fourth-order valence-corrected chi connectivity index (χ4v) is 2.34. The molecule has 0 bridgehead atoms. The normalized spacial score (nSPS) is 10.4. The summed E-state index contributed by atoms with van der Waals surface area (Å²) in [5.74, 6) is 0.109. The number of aryl methyl sites for hydroxylation is 1. The average Bonchev–Trinajstić information content (AvgIpc) is 2.70. The number of amides is 1. The molecule has 0 aliphatic heterocycles. The molecule has 0 aliphatic rings. The third kappa shape index (κ3) is 3.62. The fourth-order valence-electron chi connectivity index (χ4n) is 1.48. The molecule has 8 heteroatoms. The summed E-state index contributed by atoms with van der Waals surface area (Å²) in [5, 5.41) is 12.0. The number of rotatable bonds is 4. The molecule has 0 unspecified atom stereocenters. The van der Waals surface area contributed by atoms with Gasteiger partial charge in [-0.25, -0.2) is 0 Å². The first-order valence-corrected chi connectivity index (χ1v) is 6.76. The number of halogens is 1. The van der Waals surface area contributed by atoms with Crippen molar-refractivity contribution in [1.82, 2.24) is 14.8 Å². The van der Waals surface area contributed by atoms with Gasteiger partial charge < -0.3 is 9.88 Å². The molecule has 2 rings (SSSR count). The van der Waals surface area contributed by atoms with Crippen LogP contribution in [-0.2, 0) is 11.3 Å². The predicted molar refractivity (Wildman–Crippen MR) is 73.6 cm³/mol. The zero-order valence-corrected chi connectivity index (χ0v) is 11.7. The van der Waals surface area contributed by atoms with E-state index >= 15 is 0 Å². The molecule has 19 heavy (non-hydrogen) atoms. The van der Waals surface area contributed by atoms with Crippen molar-refractivity contribution >= 4 is 34.7 Å². The summed E-state index contributed by atoms with van der Waals surface area (Å²) in [6, 6.07) is 3.10. The zero-order valence-electron chi connectivity index (χ0n) is 10.1. The van der Waals surface area contributed by atoms with Gasteiger partial charge in [-0.2, -0.15) is 0 Å². The molecule has 2 aromatic heterocycles. The van der Waals surface area contributed by atoms with Gasteiger partial charge in [0.05, 0.1) is 0 Å². The third-order valence-corrected chi connectivity index (χ3v) is 3.52. The minimum absolute atomic E-state index is 0.0587. The van der Waals surface area contributed by atoms with Gasteiger partial charge in [0.2, 0.25) is 5.91 Å². The highest BCUT2D eigenvalue weighted by Gasteiger charge is 2.07. The Bertz CT molecular complexity index is 635. The van der Waals surface area contributed by atoms with Crippen molar-refractivity contribution in [2.24, 2.45) is 0 Å². The number of nitrogens with one attached hydrogen (secondary N) is 1. The number of hydrogen-bond acceptors (Lipinski definition) is 5. The number of carbonyl (C=O) groups is 1. The first kappa shape index (κ1) is 13.7. The average molecular weight is 299 g/mol. The van der Waals surface area contributed by atoms with E-state index in [1.807, 2.05) is 6.92 Å². The van der Waals surface area contributed by atoms with Crippen LogP contribution in [0.25, 0.3) is 0 Å². The van der Waals surface area contributed by atoms with E-state index in [1.165, 1.54) is 6.07 Å². The highest BCUT2D eigenvalue weighted by Crippen LogP contribution is 2.07. The standard InChI is InChI=1S/C11H11ClN4O2S/c1-7-6-19-11(18)16(7)5-4-10(17)13-9-3-2-8(12)14-15-9/h2-3,6H,4-5H2,1H3,(H,13,15,17). The first-order chi connectivity index (χ1) is 9.06. The van der Waals surface area contributed by atoms with Gasteiger partial charge in [0.25, 0.3) is 0 Å². The van der Waals surface area contributed by atoms with Crippen LogP contribution in [0.1, 0.15) is 12.1 Å². The number of anilines is 1. The van der Waals surface area contributed by atoms with Crippen LogP contribution in [0.15, 0.2) is 22.3 Å². The molecule has 2 aromatic rings. The Morgan fingerprint density at radius 3 is 2.84 bits per heavy atom. The molecule has 0 atom stereocenters. The topological polar surface area (TPSA) is 76.9 Å². The Morgan fingerprint density at radius 2 is 2.26 bits per heavy atom. The van der Waals surface area contributed by atoms with Gasteiger partial charge in [-0.1, -0.05) is 22.9 Å². The molecular formula is C11H11ClN4O2S. The van der Waals surface area contributed by atoms with Gasteiger partial charge in [0, 0.05) is 24.0 Å². The van der Waals surface area contributed by atoms with Crippen molar-refractivity contribution in [3.8, 4) is 0 Å². The smallest absolute Gasteiger partial charge is 0.307 e. The molecule has 0 spiro atoms. The van der Waals surface area contributed by atoms with Crippen LogP contribution >= 0.6 is 22.9 Å². The number of thiazole rings is 1. The predicted octanol–water partition coefficient (Wildman–Crippen LogP) is 1.69. The van der Waals surface area contributed by atoms with Gasteiger partial charge in [-0.15, -0.1) is 10.2 Å². The van der Waals surface area contributed by atoms with E-state index in [1.54, 1.807) is 16.0 Å². The summed E-state index contributed by atoms with van der Waals surface area (Å²) in [7, 11) is 0. The largest absolute Gasteiger partial charge is 0.309 e. The number of hydrogen-bond donors (Lipinski definition) is 1. The first-order valence-electron chi connectivity index (χ1n) is 5.50. The van der Waals surface area contributed by atoms with E-state index in [0.29, 0.717) is 12.4 Å². The lowest BCUT2D eigenvalue weighted by Crippen LogP contribution is -2.20. The molecule has 0 saturated carbocycles. The summed E-state index contributed by atoms with van der Waals surface area (Å²) in [5.41, 5.74) is 0.856. The summed E-state index contributed by atoms with van der Waals surface area (Å²) in [4.78, 5) is 23.1. The van der Waals surface area contributed by atoms with Crippen molar-refractivity contribution in [3.05, 3.63) is 38.0 Å². The van der Waals surface area contributed by atoms with E-state index in [4.69, 9.17) is 11.6 Å². The molecule has 0 aromatic carbocycles. The van der Waals surface area contributed by atoms with E-state index in [-0.39, 0.29) is 22.4 Å². The number of carbonyl (C=O) groups excluding carboxylic acids is 1. The van der Waals surface area contributed by atoms with Gasteiger partial charge >= 0.3 is 4.87 Å². The summed E-state index contributed by atoms with van der Waals surface area (Å²) in [6.07, 6.45) is 0.196. The molecular weight excluding hydrogens is 288 g/mol. The SMILES string of the molecule is Cc1csc(=O)n1CCC(=O)Nc1ccc(Cl)nn1. The second kappa shape index (κ2) is 5.94. The molecule has 0 aliphatic carbocycles. The fraction of sp³-hybridized carbons (Fsp3) is 0.273. The van der Waals surface area contributed by atoms with E-state index in [9.17, 15) is 9.59 Å². The molecule has 2 heterocycles. The molecule has 1 amide bonds. The minimum Gasteiger partial charge on any atom is -0.309 e. The Kier molecular flexibility index (Phi) is 4.28. The molecule has 100 valence electrons. The second-order valence-electron chi connectivity index (χ2n) is 3.83. The summed E-state index contributed by atoms with van der Waals surface area (Å²) >= 11 is 6.72. The molecule has 1 N–H and O–H groups in total.